The zero-order chi connectivity index (χ0) is 10.7. The molecule has 1 aromatic carbocycles. The van der Waals surface area contributed by atoms with Crippen LogP contribution in [-0.2, 0) is 0 Å². The second kappa shape index (κ2) is 4.79. The van der Waals surface area contributed by atoms with Gasteiger partial charge in [0.25, 0.3) is 0 Å². The maximum atomic E-state index is 13.3. The molecule has 0 radical (unpaired) electrons. The SMILES string of the molecule is N[C@H](CCF)c1c(F)ccc(Br)c1F. The Hall–Kier alpha value is -0.550. The number of alkyl halides is 1. The molecule has 0 unspecified atom stereocenters. The molecule has 5 heteroatoms. The highest BCUT2D eigenvalue weighted by atomic mass is 79.9. The molecule has 1 aromatic rings. The Labute approximate surface area is 88.2 Å². The average molecular weight is 268 g/mol. The van der Waals surface area contributed by atoms with Crippen molar-refractivity contribution in [3.8, 4) is 0 Å². The predicted molar refractivity (Wildman–Crippen MR) is 51.6 cm³/mol. The van der Waals surface area contributed by atoms with E-state index in [2.05, 4.69) is 15.9 Å². The van der Waals surface area contributed by atoms with Crippen LogP contribution >= 0.6 is 15.9 Å². The Bertz CT molecular complexity index is 330. The highest BCUT2D eigenvalue weighted by Crippen LogP contribution is 2.26. The van der Waals surface area contributed by atoms with E-state index in [4.69, 9.17) is 5.73 Å². The van der Waals surface area contributed by atoms with Crippen molar-refractivity contribution in [3.63, 3.8) is 0 Å². The van der Waals surface area contributed by atoms with Crippen molar-refractivity contribution in [3.05, 3.63) is 33.8 Å². The molecule has 0 spiro atoms. The van der Waals surface area contributed by atoms with Crippen LogP contribution in [0.25, 0.3) is 0 Å². The van der Waals surface area contributed by atoms with Crippen molar-refractivity contribution in [1.29, 1.82) is 0 Å². The van der Waals surface area contributed by atoms with Crippen LogP contribution < -0.4 is 5.73 Å². The molecule has 0 aromatic heterocycles. The molecule has 14 heavy (non-hydrogen) atoms. The van der Waals surface area contributed by atoms with E-state index in [1.165, 1.54) is 6.07 Å². The Kier molecular flexibility index (Phi) is 3.95. The first-order valence-electron chi connectivity index (χ1n) is 4.03. The van der Waals surface area contributed by atoms with Gasteiger partial charge in [0, 0.05) is 11.6 Å². The lowest BCUT2D eigenvalue weighted by atomic mass is 10.0. The smallest absolute Gasteiger partial charge is 0.145 e. The molecular weight excluding hydrogens is 259 g/mol. The maximum absolute atomic E-state index is 13.3. The molecule has 0 bridgehead atoms. The van der Waals surface area contributed by atoms with Crippen LogP contribution in [0.1, 0.15) is 18.0 Å². The lowest BCUT2D eigenvalue weighted by Gasteiger charge is -2.12. The Morgan fingerprint density at radius 1 is 1.36 bits per heavy atom. The minimum atomic E-state index is -0.947. The largest absolute Gasteiger partial charge is 0.324 e. The van der Waals surface area contributed by atoms with Crippen molar-refractivity contribution in [2.24, 2.45) is 5.73 Å². The molecule has 1 nitrogen and oxygen atoms in total. The second-order valence-electron chi connectivity index (χ2n) is 2.84. The van der Waals surface area contributed by atoms with Crippen molar-refractivity contribution >= 4 is 15.9 Å². The molecule has 1 rings (SSSR count). The topological polar surface area (TPSA) is 26.0 Å². The van der Waals surface area contributed by atoms with Gasteiger partial charge in [-0.3, -0.25) is 4.39 Å². The molecule has 0 amide bonds. The summed E-state index contributed by atoms with van der Waals surface area (Å²) in [4.78, 5) is 0. The van der Waals surface area contributed by atoms with Crippen LogP contribution in [0.3, 0.4) is 0 Å². The summed E-state index contributed by atoms with van der Waals surface area (Å²) in [7, 11) is 0. The van der Waals surface area contributed by atoms with Crippen molar-refractivity contribution in [1.82, 2.24) is 0 Å². The number of nitrogens with two attached hydrogens (primary N) is 1. The van der Waals surface area contributed by atoms with Crippen LogP contribution in [0.5, 0.6) is 0 Å². The zero-order valence-corrected chi connectivity index (χ0v) is 8.82. The lowest BCUT2D eigenvalue weighted by Crippen LogP contribution is -2.15. The van der Waals surface area contributed by atoms with Gasteiger partial charge in [0.1, 0.15) is 11.6 Å². The summed E-state index contributed by atoms with van der Waals surface area (Å²) >= 11 is 2.91. The van der Waals surface area contributed by atoms with E-state index in [0.717, 1.165) is 6.07 Å². The molecule has 0 aliphatic rings. The third-order valence-electron chi connectivity index (χ3n) is 1.87. The van der Waals surface area contributed by atoms with Crippen molar-refractivity contribution < 1.29 is 13.2 Å². The Morgan fingerprint density at radius 3 is 2.57 bits per heavy atom. The molecule has 0 aliphatic heterocycles. The molecule has 1 atom stereocenters. The molecule has 0 saturated carbocycles. The third kappa shape index (κ3) is 2.27. The van der Waals surface area contributed by atoms with Gasteiger partial charge in [-0.25, -0.2) is 8.78 Å². The van der Waals surface area contributed by atoms with E-state index < -0.39 is 24.4 Å². The molecular formula is C9H9BrF3N. The fourth-order valence-electron chi connectivity index (χ4n) is 1.14. The highest BCUT2D eigenvalue weighted by Gasteiger charge is 2.18. The van der Waals surface area contributed by atoms with Gasteiger partial charge in [0.2, 0.25) is 0 Å². The first-order chi connectivity index (χ1) is 6.57. The molecule has 0 fully saturated rings. The van der Waals surface area contributed by atoms with E-state index in [-0.39, 0.29) is 16.5 Å². The third-order valence-corrected chi connectivity index (χ3v) is 2.48. The summed E-state index contributed by atoms with van der Waals surface area (Å²) in [6.45, 7) is -0.702. The second-order valence-corrected chi connectivity index (χ2v) is 3.70. The van der Waals surface area contributed by atoms with E-state index in [1.54, 1.807) is 0 Å². The lowest BCUT2D eigenvalue weighted by molar-refractivity contribution is 0.425. The number of hydrogen-bond acceptors (Lipinski definition) is 1. The van der Waals surface area contributed by atoms with Crippen molar-refractivity contribution in [2.45, 2.75) is 12.5 Å². The van der Waals surface area contributed by atoms with Crippen LogP contribution in [0, 0.1) is 11.6 Å². The number of halogens is 4. The Balaban J connectivity index is 3.11. The van der Waals surface area contributed by atoms with E-state index in [1.807, 2.05) is 0 Å². The molecule has 0 aliphatic carbocycles. The fourth-order valence-corrected chi connectivity index (χ4v) is 1.49. The number of hydrogen-bond donors (Lipinski definition) is 1. The standard InChI is InChI=1S/C9H9BrF3N/c10-5-1-2-6(12)8(9(5)13)7(14)3-4-11/h1-2,7H,3-4,14H2/t7-/m1/s1. The average Bonchev–Trinajstić information content (AvgIpc) is 2.13. The maximum Gasteiger partial charge on any atom is 0.145 e. The summed E-state index contributed by atoms with van der Waals surface area (Å²) in [5, 5.41) is 0. The first kappa shape index (κ1) is 11.5. The molecule has 78 valence electrons. The van der Waals surface area contributed by atoms with Gasteiger partial charge in [0.15, 0.2) is 0 Å². The van der Waals surface area contributed by atoms with Gasteiger partial charge in [-0.05, 0) is 34.5 Å². The van der Waals surface area contributed by atoms with Gasteiger partial charge in [-0.2, -0.15) is 0 Å². The minimum Gasteiger partial charge on any atom is -0.324 e. The minimum absolute atomic E-state index is 0.0930. The van der Waals surface area contributed by atoms with Gasteiger partial charge >= 0.3 is 0 Å². The quantitative estimate of drug-likeness (QED) is 0.837. The molecule has 2 N–H and O–H groups in total. The summed E-state index contributed by atoms with van der Waals surface area (Å²) < 4.78 is 38.6. The van der Waals surface area contributed by atoms with Gasteiger partial charge in [-0.15, -0.1) is 0 Å². The molecule has 0 heterocycles. The van der Waals surface area contributed by atoms with Gasteiger partial charge in [-0.1, -0.05) is 0 Å². The van der Waals surface area contributed by atoms with Crippen molar-refractivity contribution in [2.75, 3.05) is 6.67 Å². The first-order valence-corrected chi connectivity index (χ1v) is 4.82. The highest BCUT2D eigenvalue weighted by molar-refractivity contribution is 9.10. The van der Waals surface area contributed by atoms with Crippen LogP contribution in [0.15, 0.2) is 16.6 Å². The summed E-state index contributed by atoms with van der Waals surface area (Å²) in [6, 6.07) is 1.40. The van der Waals surface area contributed by atoms with Crippen LogP contribution in [0.4, 0.5) is 13.2 Å². The fraction of sp³-hybridized carbons (Fsp3) is 0.333. The zero-order valence-electron chi connectivity index (χ0n) is 7.24. The Morgan fingerprint density at radius 2 is 2.00 bits per heavy atom. The predicted octanol–water partition coefficient (Wildman–Crippen LogP) is 3.09. The van der Waals surface area contributed by atoms with E-state index in [9.17, 15) is 13.2 Å². The van der Waals surface area contributed by atoms with Crippen LogP contribution in [-0.4, -0.2) is 6.67 Å². The van der Waals surface area contributed by atoms with E-state index in [0.29, 0.717) is 0 Å². The summed E-state index contributed by atoms with van der Waals surface area (Å²) in [5.41, 5.74) is 5.17. The number of rotatable bonds is 3. The number of benzene rings is 1. The normalized spacial score (nSPS) is 12.9. The van der Waals surface area contributed by atoms with Gasteiger partial charge in [0.05, 0.1) is 11.1 Å². The van der Waals surface area contributed by atoms with E-state index >= 15 is 0 Å². The van der Waals surface area contributed by atoms with Gasteiger partial charge < -0.3 is 5.73 Å². The van der Waals surface area contributed by atoms with Crippen LogP contribution in [0.2, 0.25) is 0 Å². The summed E-state index contributed by atoms with van der Waals surface area (Å²) in [5.74, 6) is -1.50. The monoisotopic (exact) mass is 267 g/mol. The summed E-state index contributed by atoms with van der Waals surface area (Å²) in [6.07, 6.45) is -0.0930. The molecule has 0 saturated heterocycles.